The van der Waals surface area contributed by atoms with Gasteiger partial charge in [-0.3, -0.25) is 9.10 Å². The Morgan fingerprint density at radius 2 is 1.53 bits per heavy atom. The summed E-state index contributed by atoms with van der Waals surface area (Å²) in [4.78, 5) is 13.0. The second kappa shape index (κ2) is 10.0. The summed E-state index contributed by atoms with van der Waals surface area (Å²) in [5, 5.41) is 2.90. The Hall–Kier alpha value is -3.12. The molecule has 1 atom stereocenters. The first-order chi connectivity index (χ1) is 15.2. The number of sulfonamides is 1. The van der Waals surface area contributed by atoms with E-state index in [0.29, 0.717) is 12.2 Å². The molecule has 5 nitrogen and oxygen atoms in total. The molecule has 0 saturated heterocycles. The van der Waals surface area contributed by atoms with Gasteiger partial charge in [0.05, 0.1) is 10.6 Å². The molecule has 1 N–H and O–H groups in total. The molecule has 1 amide bonds. The highest BCUT2D eigenvalue weighted by atomic mass is 32.2. The number of nitrogens with one attached hydrogen (secondary N) is 1. The second-order valence-corrected chi connectivity index (χ2v) is 10.1. The summed E-state index contributed by atoms with van der Waals surface area (Å²) in [6.07, 6.45) is 0. The van der Waals surface area contributed by atoms with Gasteiger partial charge in [-0.2, -0.15) is 0 Å². The van der Waals surface area contributed by atoms with Crippen LogP contribution in [0.15, 0.2) is 77.7 Å². The first-order valence-corrected chi connectivity index (χ1v) is 12.1. The predicted molar refractivity (Wildman–Crippen MR) is 129 cm³/mol. The minimum absolute atomic E-state index is 0.114. The van der Waals surface area contributed by atoms with Crippen LogP contribution in [0.4, 0.5) is 5.69 Å². The fraction of sp³-hybridized carbons (Fsp3) is 0.269. The average Bonchev–Trinajstić information content (AvgIpc) is 2.78. The van der Waals surface area contributed by atoms with Crippen molar-refractivity contribution in [2.24, 2.45) is 0 Å². The van der Waals surface area contributed by atoms with E-state index >= 15 is 0 Å². The van der Waals surface area contributed by atoms with Crippen LogP contribution in [0.2, 0.25) is 0 Å². The third-order valence-corrected chi connectivity index (χ3v) is 7.28. The van der Waals surface area contributed by atoms with Crippen LogP contribution < -0.4 is 9.62 Å². The van der Waals surface area contributed by atoms with E-state index in [2.05, 4.69) is 5.32 Å². The SMILES string of the molecule is Cc1ccc(S(=O)(=O)N(CC(=O)NCC(C)c2ccccc2)c2cc(C)ccc2C)cc1. The van der Waals surface area contributed by atoms with Crippen LogP contribution in [-0.4, -0.2) is 27.4 Å². The van der Waals surface area contributed by atoms with Crippen molar-refractivity contribution in [2.75, 3.05) is 17.4 Å². The molecular formula is C26H30N2O3S. The number of benzene rings is 3. The highest BCUT2D eigenvalue weighted by Crippen LogP contribution is 2.28. The molecule has 1 unspecified atom stereocenters. The van der Waals surface area contributed by atoms with Crippen molar-refractivity contribution in [2.45, 2.75) is 38.5 Å². The van der Waals surface area contributed by atoms with E-state index in [1.807, 2.05) is 70.2 Å². The lowest BCUT2D eigenvalue weighted by molar-refractivity contribution is -0.119. The minimum Gasteiger partial charge on any atom is -0.354 e. The lowest BCUT2D eigenvalue weighted by Crippen LogP contribution is -2.42. The van der Waals surface area contributed by atoms with Gasteiger partial charge in [-0.05, 0) is 61.6 Å². The molecule has 3 aromatic rings. The van der Waals surface area contributed by atoms with Crippen LogP contribution >= 0.6 is 0 Å². The van der Waals surface area contributed by atoms with E-state index in [9.17, 15) is 13.2 Å². The molecule has 0 aliphatic rings. The van der Waals surface area contributed by atoms with Crippen molar-refractivity contribution >= 4 is 21.6 Å². The summed E-state index contributed by atoms with van der Waals surface area (Å²) in [6, 6.07) is 22.2. The first kappa shape index (κ1) is 23.5. The van der Waals surface area contributed by atoms with E-state index in [-0.39, 0.29) is 23.3 Å². The zero-order valence-electron chi connectivity index (χ0n) is 19.0. The highest BCUT2D eigenvalue weighted by molar-refractivity contribution is 7.92. The van der Waals surface area contributed by atoms with Crippen LogP contribution in [0.1, 0.15) is 35.1 Å². The van der Waals surface area contributed by atoms with Crippen molar-refractivity contribution < 1.29 is 13.2 Å². The molecule has 0 saturated carbocycles. The van der Waals surface area contributed by atoms with E-state index in [4.69, 9.17) is 0 Å². The summed E-state index contributed by atoms with van der Waals surface area (Å²) in [6.45, 7) is 7.82. The first-order valence-electron chi connectivity index (χ1n) is 10.7. The molecule has 0 bridgehead atoms. The second-order valence-electron chi connectivity index (χ2n) is 8.23. The van der Waals surface area contributed by atoms with E-state index in [0.717, 1.165) is 22.3 Å². The van der Waals surface area contributed by atoms with Gasteiger partial charge in [-0.25, -0.2) is 8.42 Å². The standard InChI is InChI=1S/C26H30N2O3S/c1-19-11-14-24(15-12-19)32(30,31)28(25-16-20(2)10-13-21(25)3)18-26(29)27-17-22(4)23-8-6-5-7-9-23/h5-16,22H,17-18H2,1-4H3,(H,27,29). The van der Waals surface area contributed by atoms with Crippen LogP contribution in [0.3, 0.4) is 0 Å². The minimum atomic E-state index is -3.92. The normalized spacial score (nSPS) is 12.2. The molecule has 32 heavy (non-hydrogen) atoms. The van der Waals surface area contributed by atoms with Gasteiger partial charge in [-0.15, -0.1) is 0 Å². The largest absolute Gasteiger partial charge is 0.354 e. The topological polar surface area (TPSA) is 66.5 Å². The molecular weight excluding hydrogens is 420 g/mol. The molecule has 6 heteroatoms. The Morgan fingerprint density at radius 1 is 0.906 bits per heavy atom. The van der Waals surface area contributed by atoms with Gasteiger partial charge in [0.1, 0.15) is 6.54 Å². The number of aryl methyl sites for hydroxylation is 3. The number of carbonyl (C=O) groups is 1. The zero-order valence-corrected chi connectivity index (χ0v) is 19.8. The molecule has 0 radical (unpaired) electrons. The van der Waals surface area contributed by atoms with Gasteiger partial charge in [0.2, 0.25) is 5.91 Å². The third-order valence-electron chi connectivity index (χ3n) is 5.50. The number of nitrogens with zero attached hydrogens (tertiary/aromatic N) is 1. The molecule has 3 rings (SSSR count). The van der Waals surface area contributed by atoms with Gasteiger partial charge < -0.3 is 5.32 Å². The fourth-order valence-electron chi connectivity index (χ4n) is 3.48. The monoisotopic (exact) mass is 450 g/mol. The summed E-state index contributed by atoms with van der Waals surface area (Å²) in [5.74, 6) is -0.229. The number of hydrogen-bond donors (Lipinski definition) is 1. The Labute approximate surface area is 191 Å². The van der Waals surface area contributed by atoms with E-state index in [1.54, 1.807) is 30.3 Å². The number of hydrogen-bond acceptors (Lipinski definition) is 3. The number of anilines is 1. The van der Waals surface area contributed by atoms with Crippen LogP contribution in [0.5, 0.6) is 0 Å². The molecule has 0 heterocycles. The quantitative estimate of drug-likeness (QED) is 0.540. The summed E-state index contributed by atoms with van der Waals surface area (Å²) < 4.78 is 28.3. The highest BCUT2D eigenvalue weighted by Gasteiger charge is 2.28. The molecule has 0 aliphatic carbocycles. The molecule has 0 aromatic heterocycles. The summed E-state index contributed by atoms with van der Waals surface area (Å²) in [5.41, 5.74) is 4.31. The van der Waals surface area contributed by atoms with Crippen LogP contribution in [0.25, 0.3) is 0 Å². The van der Waals surface area contributed by atoms with Crippen molar-refractivity contribution in [1.29, 1.82) is 0 Å². The van der Waals surface area contributed by atoms with E-state index in [1.165, 1.54) is 4.31 Å². The summed E-state index contributed by atoms with van der Waals surface area (Å²) in [7, 11) is -3.92. The van der Waals surface area contributed by atoms with Crippen LogP contribution in [0, 0.1) is 20.8 Å². The van der Waals surface area contributed by atoms with Crippen molar-refractivity contribution in [1.82, 2.24) is 5.32 Å². The average molecular weight is 451 g/mol. The van der Waals surface area contributed by atoms with Crippen LogP contribution in [-0.2, 0) is 14.8 Å². The van der Waals surface area contributed by atoms with Gasteiger partial charge in [-0.1, -0.05) is 67.1 Å². The molecule has 0 spiro atoms. The van der Waals surface area contributed by atoms with Crippen molar-refractivity contribution in [3.8, 4) is 0 Å². The maximum Gasteiger partial charge on any atom is 0.264 e. The van der Waals surface area contributed by atoms with Gasteiger partial charge >= 0.3 is 0 Å². The maximum atomic E-state index is 13.5. The smallest absolute Gasteiger partial charge is 0.264 e. The Balaban J connectivity index is 1.87. The van der Waals surface area contributed by atoms with E-state index < -0.39 is 10.0 Å². The Morgan fingerprint density at radius 3 is 2.19 bits per heavy atom. The molecule has 0 fully saturated rings. The van der Waals surface area contributed by atoms with Gasteiger partial charge in [0.25, 0.3) is 10.0 Å². The molecule has 3 aromatic carbocycles. The lowest BCUT2D eigenvalue weighted by Gasteiger charge is -2.26. The molecule has 168 valence electrons. The number of carbonyl (C=O) groups excluding carboxylic acids is 1. The summed E-state index contributed by atoms with van der Waals surface area (Å²) >= 11 is 0. The molecule has 0 aliphatic heterocycles. The zero-order chi connectivity index (χ0) is 23.3. The Kier molecular flexibility index (Phi) is 7.36. The number of amides is 1. The number of rotatable bonds is 8. The fourth-order valence-corrected chi connectivity index (χ4v) is 4.96. The maximum absolute atomic E-state index is 13.5. The van der Waals surface area contributed by atoms with Crippen molar-refractivity contribution in [3.63, 3.8) is 0 Å². The third kappa shape index (κ3) is 5.56. The van der Waals surface area contributed by atoms with Gasteiger partial charge in [0, 0.05) is 6.54 Å². The Bertz CT molecular complexity index is 1170. The predicted octanol–water partition coefficient (Wildman–Crippen LogP) is 4.73. The van der Waals surface area contributed by atoms with Gasteiger partial charge in [0.15, 0.2) is 0 Å². The van der Waals surface area contributed by atoms with Crippen molar-refractivity contribution in [3.05, 3.63) is 95.1 Å². The lowest BCUT2D eigenvalue weighted by atomic mass is 10.0.